The van der Waals surface area contributed by atoms with Crippen molar-refractivity contribution < 1.29 is 19.1 Å². The lowest BCUT2D eigenvalue weighted by Gasteiger charge is -2.21. The molecule has 6 heteroatoms. The van der Waals surface area contributed by atoms with E-state index in [1.165, 1.54) is 13.8 Å². The Kier molecular flexibility index (Phi) is 3.60. The molecule has 0 amide bonds. The molecule has 0 saturated carbocycles. The molecule has 0 atom stereocenters. The Morgan fingerprint density at radius 1 is 0.840 bits per heavy atom. The number of halogens is 2. The van der Waals surface area contributed by atoms with E-state index in [1.807, 2.05) is 0 Å². The van der Waals surface area contributed by atoms with E-state index in [4.69, 9.17) is 32.7 Å². The Bertz CT molecular complexity index is 871. The summed E-state index contributed by atoms with van der Waals surface area (Å²) in [5.41, 5.74) is 2.00. The third kappa shape index (κ3) is 2.28. The van der Waals surface area contributed by atoms with Crippen LogP contribution in [0.25, 0.3) is 0 Å². The van der Waals surface area contributed by atoms with E-state index in [-0.39, 0.29) is 11.6 Å². The fraction of sp³-hybridized carbons (Fsp3) is 0.263. The molecule has 2 aliphatic rings. The monoisotopic (exact) mass is 376 g/mol. The summed E-state index contributed by atoms with van der Waals surface area (Å²) >= 11 is 12.4. The fourth-order valence-electron chi connectivity index (χ4n) is 3.54. The van der Waals surface area contributed by atoms with Crippen LogP contribution in [0.1, 0.15) is 45.7 Å². The van der Waals surface area contributed by atoms with Crippen molar-refractivity contribution in [3.05, 3.63) is 56.6 Å². The molecule has 4 nitrogen and oxygen atoms in total. The molecule has 2 aliphatic heterocycles. The van der Waals surface area contributed by atoms with Gasteiger partial charge in [0.15, 0.2) is 11.6 Å². The predicted octanol–water partition coefficient (Wildman–Crippen LogP) is 4.47. The molecule has 0 radical (unpaired) electrons. The van der Waals surface area contributed by atoms with E-state index in [1.54, 1.807) is 24.3 Å². The zero-order chi connectivity index (χ0) is 17.9. The standard InChI is InChI=1S/C19H14Cl2O4/c1-9(22)11-3-13-17(5-15(11)20)24-7-19(13)8-25-18-6-16(21)12(10(2)23)4-14(18)19/h3-6H,7-8H2,1-2H3. The summed E-state index contributed by atoms with van der Waals surface area (Å²) in [6, 6.07) is 6.88. The molecule has 2 aromatic rings. The summed E-state index contributed by atoms with van der Waals surface area (Å²) in [5.74, 6) is 1.03. The summed E-state index contributed by atoms with van der Waals surface area (Å²) in [5, 5.41) is 0.728. The number of hydrogen-bond acceptors (Lipinski definition) is 4. The van der Waals surface area contributed by atoms with Gasteiger partial charge in [0.25, 0.3) is 0 Å². The van der Waals surface area contributed by atoms with Gasteiger partial charge in [0, 0.05) is 22.3 Å². The van der Waals surface area contributed by atoms with Crippen molar-refractivity contribution in [3.8, 4) is 11.5 Å². The first kappa shape index (κ1) is 16.4. The Balaban J connectivity index is 1.95. The van der Waals surface area contributed by atoms with E-state index in [0.29, 0.717) is 45.9 Å². The van der Waals surface area contributed by atoms with Crippen molar-refractivity contribution in [2.45, 2.75) is 19.3 Å². The molecular weight excluding hydrogens is 363 g/mol. The maximum absolute atomic E-state index is 11.9. The first-order valence-corrected chi connectivity index (χ1v) is 8.54. The van der Waals surface area contributed by atoms with Crippen LogP contribution in [0.5, 0.6) is 11.5 Å². The molecule has 4 rings (SSSR count). The number of ether oxygens (including phenoxy) is 2. The average Bonchev–Trinajstić information content (AvgIpc) is 3.07. The van der Waals surface area contributed by atoms with Crippen LogP contribution in [-0.4, -0.2) is 24.8 Å². The molecule has 0 unspecified atom stereocenters. The van der Waals surface area contributed by atoms with Crippen molar-refractivity contribution in [2.24, 2.45) is 0 Å². The number of ketones is 2. The molecule has 25 heavy (non-hydrogen) atoms. The molecule has 0 bridgehead atoms. The van der Waals surface area contributed by atoms with Crippen LogP contribution in [0, 0.1) is 0 Å². The highest BCUT2D eigenvalue weighted by molar-refractivity contribution is 6.34. The van der Waals surface area contributed by atoms with Gasteiger partial charge in [-0.2, -0.15) is 0 Å². The lowest BCUT2D eigenvalue weighted by atomic mass is 9.76. The molecule has 0 fully saturated rings. The fourth-order valence-corrected chi connectivity index (χ4v) is 4.11. The molecule has 128 valence electrons. The molecule has 2 aromatic carbocycles. The van der Waals surface area contributed by atoms with Crippen LogP contribution in [0.3, 0.4) is 0 Å². The van der Waals surface area contributed by atoms with Crippen LogP contribution in [0.15, 0.2) is 24.3 Å². The van der Waals surface area contributed by atoms with Crippen molar-refractivity contribution in [3.63, 3.8) is 0 Å². The van der Waals surface area contributed by atoms with Crippen LogP contribution >= 0.6 is 23.2 Å². The molecule has 1 spiro atoms. The van der Waals surface area contributed by atoms with E-state index in [2.05, 4.69) is 0 Å². The third-order valence-electron chi connectivity index (χ3n) is 4.88. The predicted molar refractivity (Wildman–Crippen MR) is 94.7 cm³/mol. The maximum atomic E-state index is 11.9. The Morgan fingerprint density at radius 3 is 1.60 bits per heavy atom. The molecule has 0 saturated heterocycles. The van der Waals surface area contributed by atoms with Gasteiger partial charge in [-0.1, -0.05) is 23.2 Å². The van der Waals surface area contributed by atoms with Crippen molar-refractivity contribution in [1.29, 1.82) is 0 Å². The van der Waals surface area contributed by atoms with E-state index in [0.717, 1.165) is 11.1 Å². The number of carbonyl (C=O) groups is 2. The molecule has 0 aliphatic carbocycles. The summed E-state index contributed by atoms with van der Waals surface area (Å²) in [7, 11) is 0. The quantitative estimate of drug-likeness (QED) is 0.725. The van der Waals surface area contributed by atoms with Gasteiger partial charge in [-0.15, -0.1) is 0 Å². The van der Waals surface area contributed by atoms with Crippen LogP contribution in [0.4, 0.5) is 0 Å². The minimum atomic E-state index is -0.575. The second-order valence-electron chi connectivity index (χ2n) is 6.43. The van der Waals surface area contributed by atoms with Gasteiger partial charge in [0.05, 0.1) is 15.5 Å². The molecular formula is C19H14Cl2O4. The number of Topliss-reactive ketones (excluding diaryl/α,β-unsaturated/α-hetero) is 2. The minimum Gasteiger partial charge on any atom is -0.492 e. The normalized spacial score (nSPS) is 16.2. The number of carbonyl (C=O) groups excluding carboxylic acids is 2. The van der Waals surface area contributed by atoms with Gasteiger partial charge in [-0.05, 0) is 38.1 Å². The SMILES string of the molecule is CC(=O)c1cc2c(cc1Cl)OCC21COc2cc(Cl)c(C(C)=O)cc21. The lowest BCUT2D eigenvalue weighted by molar-refractivity contribution is 0.100. The smallest absolute Gasteiger partial charge is 0.161 e. The largest absolute Gasteiger partial charge is 0.492 e. The van der Waals surface area contributed by atoms with E-state index >= 15 is 0 Å². The van der Waals surface area contributed by atoms with Gasteiger partial charge >= 0.3 is 0 Å². The molecule has 0 aromatic heterocycles. The van der Waals surface area contributed by atoms with E-state index in [9.17, 15) is 9.59 Å². The Morgan fingerprint density at radius 2 is 1.24 bits per heavy atom. The highest BCUT2D eigenvalue weighted by Gasteiger charge is 2.49. The number of rotatable bonds is 2. The Hall–Kier alpha value is -2.04. The van der Waals surface area contributed by atoms with Crippen LogP contribution in [0.2, 0.25) is 10.0 Å². The van der Waals surface area contributed by atoms with Crippen molar-refractivity contribution in [1.82, 2.24) is 0 Å². The van der Waals surface area contributed by atoms with Gasteiger partial charge in [0.1, 0.15) is 24.7 Å². The Labute approximate surface area is 154 Å². The topological polar surface area (TPSA) is 52.6 Å². The summed E-state index contributed by atoms with van der Waals surface area (Å²) < 4.78 is 11.7. The average molecular weight is 377 g/mol. The van der Waals surface area contributed by atoms with Crippen molar-refractivity contribution in [2.75, 3.05) is 13.2 Å². The van der Waals surface area contributed by atoms with Gasteiger partial charge in [-0.25, -0.2) is 0 Å². The van der Waals surface area contributed by atoms with Gasteiger partial charge < -0.3 is 9.47 Å². The third-order valence-corrected chi connectivity index (χ3v) is 5.50. The summed E-state index contributed by atoms with van der Waals surface area (Å²) in [4.78, 5) is 23.8. The first-order valence-electron chi connectivity index (χ1n) is 7.79. The number of hydrogen-bond donors (Lipinski definition) is 0. The lowest BCUT2D eigenvalue weighted by Crippen LogP contribution is -2.31. The van der Waals surface area contributed by atoms with E-state index < -0.39 is 5.41 Å². The van der Waals surface area contributed by atoms with Crippen LogP contribution < -0.4 is 9.47 Å². The highest BCUT2D eigenvalue weighted by atomic mass is 35.5. The highest BCUT2D eigenvalue weighted by Crippen LogP contribution is 2.52. The molecule has 0 N–H and O–H groups in total. The van der Waals surface area contributed by atoms with Gasteiger partial charge in [-0.3, -0.25) is 9.59 Å². The minimum absolute atomic E-state index is 0.116. The number of fused-ring (bicyclic) bond motifs is 4. The van der Waals surface area contributed by atoms with Crippen LogP contribution in [-0.2, 0) is 5.41 Å². The second kappa shape index (κ2) is 5.48. The number of benzene rings is 2. The summed E-state index contributed by atoms with van der Waals surface area (Å²) in [6.45, 7) is 3.66. The second-order valence-corrected chi connectivity index (χ2v) is 7.24. The zero-order valence-electron chi connectivity index (χ0n) is 13.6. The summed E-state index contributed by atoms with van der Waals surface area (Å²) in [6.07, 6.45) is 0. The maximum Gasteiger partial charge on any atom is 0.161 e. The van der Waals surface area contributed by atoms with Crippen molar-refractivity contribution >= 4 is 34.8 Å². The molecule has 2 heterocycles. The van der Waals surface area contributed by atoms with Gasteiger partial charge in [0.2, 0.25) is 0 Å². The first-order chi connectivity index (χ1) is 11.8. The zero-order valence-corrected chi connectivity index (χ0v) is 15.1.